The minimum atomic E-state index is -3.83. The van der Waals surface area contributed by atoms with Gasteiger partial charge in [0.1, 0.15) is 11.9 Å². The highest BCUT2D eigenvalue weighted by atomic mass is 32.2. The van der Waals surface area contributed by atoms with E-state index in [1.807, 2.05) is 27.7 Å². The standard InChI is InChI=1S/C17H27FN2O3S/c1-11(2)16(12(3)4)19-17(21)13(5)20(24(6,22)23)15-10-8-7-9-14(15)18/h7-13,16H,1-6H3,(H,19,21)/t13-/m1/s1. The molecule has 0 saturated carbocycles. The lowest BCUT2D eigenvalue weighted by Crippen LogP contribution is -2.52. The Hall–Kier alpha value is -1.63. The average molecular weight is 358 g/mol. The molecule has 24 heavy (non-hydrogen) atoms. The van der Waals surface area contributed by atoms with E-state index in [0.29, 0.717) is 0 Å². The van der Waals surface area contributed by atoms with Gasteiger partial charge in [-0.25, -0.2) is 12.8 Å². The number of benzene rings is 1. The van der Waals surface area contributed by atoms with Crippen LogP contribution >= 0.6 is 0 Å². The second-order valence-corrected chi connectivity index (χ2v) is 8.57. The molecule has 0 aliphatic carbocycles. The lowest BCUT2D eigenvalue weighted by atomic mass is 9.93. The first kappa shape index (κ1) is 20.4. The summed E-state index contributed by atoms with van der Waals surface area (Å²) in [6.07, 6.45) is 0.964. The Kier molecular flexibility index (Phi) is 6.77. The third-order valence-corrected chi connectivity index (χ3v) is 5.15. The first-order chi connectivity index (χ1) is 11.0. The highest BCUT2D eigenvalue weighted by molar-refractivity contribution is 7.92. The van der Waals surface area contributed by atoms with Gasteiger partial charge in [-0.15, -0.1) is 0 Å². The van der Waals surface area contributed by atoms with E-state index in [1.54, 1.807) is 0 Å². The number of rotatable bonds is 7. The molecule has 1 aromatic rings. The van der Waals surface area contributed by atoms with Gasteiger partial charge in [0.05, 0.1) is 11.9 Å². The van der Waals surface area contributed by atoms with E-state index < -0.39 is 27.8 Å². The fourth-order valence-corrected chi connectivity index (χ4v) is 3.97. The van der Waals surface area contributed by atoms with Gasteiger partial charge in [-0.2, -0.15) is 0 Å². The summed E-state index contributed by atoms with van der Waals surface area (Å²) in [7, 11) is -3.83. The summed E-state index contributed by atoms with van der Waals surface area (Å²) in [4.78, 5) is 12.6. The maximum absolute atomic E-state index is 14.1. The summed E-state index contributed by atoms with van der Waals surface area (Å²) in [6, 6.07) is 4.37. The van der Waals surface area contributed by atoms with Crippen LogP contribution in [0.25, 0.3) is 0 Å². The van der Waals surface area contributed by atoms with Gasteiger partial charge in [0.25, 0.3) is 0 Å². The van der Waals surface area contributed by atoms with Gasteiger partial charge in [-0.05, 0) is 30.9 Å². The van der Waals surface area contributed by atoms with E-state index in [4.69, 9.17) is 0 Å². The molecule has 0 saturated heterocycles. The highest BCUT2D eigenvalue weighted by Crippen LogP contribution is 2.24. The van der Waals surface area contributed by atoms with Crippen LogP contribution < -0.4 is 9.62 Å². The molecule has 0 spiro atoms. The van der Waals surface area contributed by atoms with Crippen molar-refractivity contribution < 1.29 is 17.6 Å². The van der Waals surface area contributed by atoms with Crippen molar-refractivity contribution in [3.8, 4) is 0 Å². The van der Waals surface area contributed by atoms with Gasteiger partial charge < -0.3 is 5.32 Å². The summed E-state index contributed by atoms with van der Waals surface area (Å²) < 4.78 is 39.2. The largest absolute Gasteiger partial charge is 0.351 e. The summed E-state index contributed by atoms with van der Waals surface area (Å²) in [6.45, 7) is 9.41. The molecule has 1 amide bonds. The lowest BCUT2D eigenvalue weighted by molar-refractivity contribution is -0.123. The number of para-hydroxylation sites is 1. The van der Waals surface area contributed by atoms with Crippen molar-refractivity contribution in [3.05, 3.63) is 30.1 Å². The van der Waals surface area contributed by atoms with E-state index in [1.165, 1.54) is 31.2 Å². The van der Waals surface area contributed by atoms with Crippen molar-refractivity contribution in [2.24, 2.45) is 11.8 Å². The summed E-state index contributed by atoms with van der Waals surface area (Å²) in [5.74, 6) is -0.745. The van der Waals surface area contributed by atoms with Crippen LogP contribution in [0.4, 0.5) is 10.1 Å². The van der Waals surface area contributed by atoms with Crippen molar-refractivity contribution >= 4 is 21.6 Å². The number of anilines is 1. The van der Waals surface area contributed by atoms with E-state index >= 15 is 0 Å². The number of carbonyl (C=O) groups is 1. The monoisotopic (exact) mass is 358 g/mol. The van der Waals surface area contributed by atoms with Crippen molar-refractivity contribution in [2.75, 3.05) is 10.6 Å². The van der Waals surface area contributed by atoms with Crippen LogP contribution in [0.1, 0.15) is 34.6 Å². The normalized spacial score (nSPS) is 13.4. The van der Waals surface area contributed by atoms with Crippen LogP contribution in [-0.2, 0) is 14.8 Å². The van der Waals surface area contributed by atoms with Crippen molar-refractivity contribution in [2.45, 2.75) is 46.7 Å². The smallest absolute Gasteiger partial charge is 0.243 e. The third kappa shape index (κ3) is 4.93. The Morgan fingerprint density at radius 1 is 1.08 bits per heavy atom. The number of sulfonamides is 1. The van der Waals surface area contributed by atoms with Gasteiger partial charge in [-0.3, -0.25) is 9.10 Å². The molecule has 0 unspecified atom stereocenters. The quantitative estimate of drug-likeness (QED) is 0.815. The predicted molar refractivity (Wildman–Crippen MR) is 94.8 cm³/mol. The van der Waals surface area contributed by atoms with E-state index in [0.717, 1.165) is 10.6 Å². The van der Waals surface area contributed by atoms with Gasteiger partial charge in [0.2, 0.25) is 15.9 Å². The number of carbonyl (C=O) groups excluding carboxylic acids is 1. The molecular formula is C17H27FN2O3S. The summed E-state index contributed by atoms with van der Waals surface area (Å²) in [5.41, 5.74) is -0.131. The molecular weight excluding hydrogens is 331 g/mol. The van der Waals surface area contributed by atoms with Gasteiger partial charge in [0, 0.05) is 6.04 Å². The lowest BCUT2D eigenvalue weighted by Gasteiger charge is -2.32. The zero-order chi connectivity index (χ0) is 18.7. The molecule has 0 fully saturated rings. The molecule has 1 rings (SSSR count). The van der Waals surface area contributed by atoms with E-state index in [-0.39, 0.29) is 23.6 Å². The number of hydrogen-bond acceptors (Lipinski definition) is 3. The molecule has 136 valence electrons. The van der Waals surface area contributed by atoms with E-state index in [9.17, 15) is 17.6 Å². The molecule has 0 heterocycles. The summed E-state index contributed by atoms with van der Waals surface area (Å²) >= 11 is 0. The Bertz CT molecular complexity index is 666. The molecule has 7 heteroatoms. The van der Waals surface area contributed by atoms with Gasteiger partial charge in [0.15, 0.2) is 0 Å². The van der Waals surface area contributed by atoms with Crippen molar-refractivity contribution in [1.29, 1.82) is 0 Å². The zero-order valence-corrected chi connectivity index (χ0v) is 15.9. The minimum absolute atomic E-state index is 0.0954. The molecule has 0 aliphatic heterocycles. The first-order valence-electron chi connectivity index (χ1n) is 8.01. The molecule has 5 nitrogen and oxygen atoms in total. The van der Waals surface area contributed by atoms with Gasteiger partial charge in [-0.1, -0.05) is 39.8 Å². The molecule has 0 aliphatic rings. The topological polar surface area (TPSA) is 66.5 Å². The number of amides is 1. The third-order valence-electron chi connectivity index (χ3n) is 3.92. The van der Waals surface area contributed by atoms with Gasteiger partial charge >= 0.3 is 0 Å². The molecule has 1 aromatic carbocycles. The average Bonchev–Trinajstić information content (AvgIpc) is 2.44. The molecule has 0 aromatic heterocycles. The molecule has 1 N–H and O–H groups in total. The maximum atomic E-state index is 14.1. The molecule has 0 bridgehead atoms. The minimum Gasteiger partial charge on any atom is -0.351 e. The van der Waals surface area contributed by atoms with Crippen LogP contribution in [0.15, 0.2) is 24.3 Å². The maximum Gasteiger partial charge on any atom is 0.243 e. The second-order valence-electron chi connectivity index (χ2n) is 6.71. The van der Waals surface area contributed by atoms with Crippen molar-refractivity contribution in [3.63, 3.8) is 0 Å². The van der Waals surface area contributed by atoms with Crippen LogP contribution in [0, 0.1) is 17.7 Å². The number of hydrogen-bond donors (Lipinski definition) is 1. The van der Waals surface area contributed by atoms with E-state index in [2.05, 4.69) is 5.32 Å². The number of halogens is 1. The SMILES string of the molecule is CC(C)C(NC(=O)[C@@H](C)N(c1ccccc1F)S(C)(=O)=O)C(C)C. The van der Waals surface area contributed by atoms with Crippen LogP contribution in [0.2, 0.25) is 0 Å². The van der Waals surface area contributed by atoms with Crippen LogP contribution in [0.3, 0.4) is 0 Å². The van der Waals surface area contributed by atoms with Crippen molar-refractivity contribution in [1.82, 2.24) is 5.32 Å². The Morgan fingerprint density at radius 2 is 1.58 bits per heavy atom. The Morgan fingerprint density at radius 3 is 2.00 bits per heavy atom. The first-order valence-corrected chi connectivity index (χ1v) is 9.86. The zero-order valence-electron chi connectivity index (χ0n) is 15.1. The fourth-order valence-electron chi connectivity index (χ4n) is 2.80. The highest BCUT2D eigenvalue weighted by Gasteiger charge is 2.32. The predicted octanol–water partition coefficient (Wildman–Crippen LogP) is 2.78. The Balaban J connectivity index is 3.17. The summed E-state index contributed by atoms with van der Waals surface area (Å²) in [5, 5.41) is 2.89. The number of nitrogens with one attached hydrogen (secondary N) is 1. The van der Waals surface area contributed by atoms with Crippen LogP contribution in [-0.4, -0.2) is 32.7 Å². The number of nitrogens with zero attached hydrogens (tertiary/aromatic N) is 1. The second kappa shape index (κ2) is 7.96. The molecule has 1 atom stereocenters. The fraction of sp³-hybridized carbons (Fsp3) is 0.588. The Labute approximate surface area is 144 Å². The van der Waals surface area contributed by atoms with Crippen LogP contribution in [0.5, 0.6) is 0 Å². The molecule has 0 radical (unpaired) electrons.